The van der Waals surface area contributed by atoms with Crippen molar-refractivity contribution in [3.05, 3.63) is 48.2 Å². The van der Waals surface area contributed by atoms with Gasteiger partial charge in [-0.15, -0.1) is 11.8 Å². The maximum absolute atomic E-state index is 5.89. The number of benzene rings is 1. The Morgan fingerprint density at radius 1 is 1.15 bits per heavy atom. The lowest BCUT2D eigenvalue weighted by Crippen LogP contribution is -2.22. The van der Waals surface area contributed by atoms with Crippen molar-refractivity contribution in [1.29, 1.82) is 0 Å². The zero-order valence-electron chi connectivity index (χ0n) is 12.1. The minimum absolute atomic E-state index is 0.443. The molecule has 2 aromatic rings. The van der Waals surface area contributed by atoms with Gasteiger partial charge < -0.3 is 10.1 Å². The zero-order chi connectivity index (χ0) is 14.4. The molecule has 1 aromatic heterocycles. The van der Waals surface area contributed by atoms with Gasteiger partial charge in [0.2, 0.25) is 5.88 Å². The minimum atomic E-state index is 0.443. The van der Waals surface area contributed by atoms with E-state index >= 15 is 0 Å². The Kier molecular flexibility index (Phi) is 5.44. The SMILES string of the molecule is CSc1ccccc1Oc1cccc(CNC(C)C)n1. The highest BCUT2D eigenvalue weighted by atomic mass is 32.2. The smallest absolute Gasteiger partial charge is 0.219 e. The summed E-state index contributed by atoms with van der Waals surface area (Å²) >= 11 is 1.67. The van der Waals surface area contributed by atoms with E-state index in [-0.39, 0.29) is 0 Å². The summed E-state index contributed by atoms with van der Waals surface area (Å²) in [5.41, 5.74) is 0.984. The van der Waals surface area contributed by atoms with Gasteiger partial charge in [-0.05, 0) is 24.5 Å². The number of aromatic nitrogens is 1. The fourth-order valence-electron chi connectivity index (χ4n) is 1.74. The van der Waals surface area contributed by atoms with E-state index in [0.717, 1.165) is 22.9 Å². The number of hydrogen-bond donors (Lipinski definition) is 1. The van der Waals surface area contributed by atoms with Gasteiger partial charge in [-0.2, -0.15) is 0 Å². The number of nitrogens with zero attached hydrogens (tertiary/aromatic N) is 1. The van der Waals surface area contributed by atoms with Crippen LogP contribution in [0.4, 0.5) is 0 Å². The van der Waals surface area contributed by atoms with Crippen LogP contribution in [-0.4, -0.2) is 17.3 Å². The fourth-order valence-corrected chi connectivity index (χ4v) is 2.26. The summed E-state index contributed by atoms with van der Waals surface area (Å²) in [5, 5.41) is 3.35. The molecule has 0 spiro atoms. The molecule has 0 aliphatic heterocycles. The zero-order valence-corrected chi connectivity index (χ0v) is 12.9. The van der Waals surface area contributed by atoms with Crippen LogP contribution >= 0.6 is 11.8 Å². The van der Waals surface area contributed by atoms with Gasteiger partial charge in [0, 0.05) is 23.5 Å². The van der Waals surface area contributed by atoms with Crippen LogP contribution in [0.1, 0.15) is 19.5 Å². The van der Waals surface area contributed by atoms with Crippen molar-refractivity contribution in [3.8, 4) is 11.6 Å². The molecule has 1 N–H and O–H groups in total. The highest BCUT2D eigenvalue weighted by Crippen LogP contribution is 2.30. The van der Waals surface area contributed by atoms with E-state index in [1.807, 2.05) is 48.7 Å². The Morgan fingerprint density at radius 2 is 1.95 bits per heavy atom. The predicted molar refractivity (Wildman–Crippen MR) is 84.5 cm³/mol. The number of ether oxygens (including phenoxy) is 1. The molecule has 0 amide bonds. The summed E-state index contributed by atoms with van der Waals surface area (Å²) < 4.78 is 5.89. The second kappa shape index (κ2) is 7.31. The van der Waals surface area contributed by atoms with Crippen molar-refractivity contribution in [2.45, 2.75) is 31.3 Å². The second-order valence-electron chi connectivity index (χ2n) is 4.76. The van der Waals surface area contributed by atoms with E-state index in [0.29, 0.717) is 11.9 Å². The molecular weight excluding hydrogens is 268 g/mol. The molecule has 0 aliphatic rings. The van der Waals surface area contributed by atoms with Crippen LogP contribution < -0.4 is 10.1 Å². The maximum Gasteiger partial charge on any atom is 0.219 e. The summed E-state index contributed by atoms with van der Waals surface area (Å²) in [4.78, 5) is 5.63. The Labute approximate surface area is 124 Å². The Morgan fingerprint density at radius 3 is 2.70 bits per heavy atom. The Hall–Kier alpha value is -1.52. The maximum atomic E-state index is 5.89. The van der Waals surface area contributed by atoms with Gasteiger partial charge in [0.05, 0.1) is 5.69 Å². The van der Waals surface area contributed by atoms with E-state index in [1.54, 1.807) is 11.8 Å². The van der Waals surface area contributed by atoms with Gasteiger partial charge in [0.25, 0.3) is 0 Å². The molecule has 0 saturated heterocycles. The molecule has 1 aromatic carbocycles. The van der Waals surface area contributed by atoms with E-state index in [4.69, 9.17) is 4.74 Å². The molecule has 0 radical (unpaired) electrons. The van der Waals surface area contributed by atoms with Crippen LogP contribution in [0.25, 0.3) is 0 Å². The number of rotatable bonds is 6. The largest absolute Gasteiger partial charge is 0.438 e. The fraction of sp³-hybridized carbons (Fsp3) is 0.312. The summed E-state index contributed by atoms with van der Waals surface area (Å²) in [6.45, 7) is 4.99. The minimum Gasteiger partial charge on any atom is -0.438 e. The first-order chi connectivity index (χ1) is 9.69. The quantitative estimate of drug-likeness (QED) is 0.812. The van der Waals surface area contributed by atoms with Gasteiger partial charge in [-0.25, -0.2) is 4.98 Å². The van der Waals surface area contributed by atoms with Crippen LogP contribution in [0.2, 0.25) is 0 Å². The molecule has 20 heavy (non-hydrogen) atoms. The van der Waals surface area contributed by atoms with Crippen molar-refractivity contribution in [2.24, 2.45) is 0 Å². The third-order valence-corrected chi connectivity index (χ3v) is 3.53. The molecule has 4 heteroatoms. The molecule has 0 atom stereocenters. The van der Waals surface area contributed by atoms with Crippen LogP contribution in [-0.2, 0) is 6.54 Å². The summed E-state index contributed by atoms with van der Waals surface area (Å²) in [5.74, 6) is 1.48. The lowest BCUT2D eigenvalue weighted by atomic mass is 10.3. The van der Waals surface area contributed by atoms with Crippen molar-refractivity contribution in [3.63, 3.8) is 0 Å². The highest BCUT2D eigenvalue weighted by Gasteiger charge is 2.05. The summed E-state index contributed by atoms with van der Waals surface area (Å²) in [6.07, 6.45) is 2.04. The Balaban J connectivity index is 2.11. The monoisotopic (exact) mass is 288 g/mol. The third kappa shape index (κ3) is 4.25. The number of pyridine rings is 1. The average molecular weight is 288 g/mol. The van der Waals surface area contributed by atoms with Crippen LogP contribution in [0.3, 0.4) is 0 Å². The summed E-state index contributed by atoms with van der Waals surface area (Å²) in [6, 6.07) is 14.3. The first kappa shape index (κ1) is 14.9. The summed E-state index contributed by atoms with van der Waals surface area (Å²) in [7, 11) is 0. The number of para-hydroxylation sites is 1. The van der Waals surface area contributed by atoms with E-state index in [2.05, 4.69) is 24.1 Å². The highest BCUT2D eigenvalue weighted by molar-refractivity contribution is 7.98. The second-order valence-corrected chi connectivity index (χ2v) is 5.60. The molecule has 0 fully saturated rings. The van der Waals surface area contributed by atoms with Gasteiger partial charge in [0.15, 0.2) is 0 Å². The number of hydrogen-bond acceptors (Lipinski definition) is 4. The van der Waals surface area contributed by atoms with Crippen molar-refractivity contribution < 1.29 is 4.74 Å². The number of thioether (sulfide) groups is 1. The molecule has 0 aliphatic carbocycles. The molecule has 2 rings (SSSR count). The first-order valence-electron chi connectivity index (χ1n) is 6.69. The van der Waals surface area contributed by atoms with Gasteiger partial charge in [-0.3, -0.25) is 0 Å². The molecule has 3 nitrogen and oxygen atoms in total. The van der Waals surface area contributed by atoms with E-state index < -0.39 is 0 Å². The lowest BCUT2D eigenvalue weighted by molar-refractivity contribution is 0.448. The molecule has 1 heterocycles. The molecule has 0 bridgehead atoms. The van der Waals surface area contributed by atoms with E-state index in [9.17, 15) is 0 Å². The standard InChI is InChI=1S/C16H20N2OS/c1-12(2)17-11-13-7-6-10-16(18-13)19-14-8-4-5-9-15(14)20-3/h4-10,12,17H,11H2,1-3H3. The normalized spacial score (nSPS) is 10.8. The number of nitrogens with one attached hydrogen (secondary N) is 1. The van der Waals surface area contributed by atoms with E-state index in [1.165, 1.54) is 0 Å². The van der Waals surface area contributed by atoms with Crippen LogP contribution in [0.5, 0.6) is 11.6 Å². The Bertz CT molecular complexity index is 558. The molecule has 0 unspecified atom stereocenters. The van der Waals surface area contributed by atoms with Gasteiger partial charge in [0.1, 0.15) is 5.75 Å². The average Bonchev–Trinajstić information content (AvgIpc) is 2.46. The molecule has 0 saturated carbocycles. The van der Waals surface area contributed by atoms with Gasteiger partial charge in [-0.1, -0.05) is 32.0 Å². The third-order valence-electron chi connectivity index (χ3n) is 2.76. The van der Waals surface area contributed by atoms with Crippen molar-refractivity contribution >= 4 is 11.8 Å². The molecular formula is C16H20N2OS. The first-order valence-corrected chi connectivity index (χ1v) is 7.91. The van der Waals surface area contributed by atoms with Gasteiger partial charge >= 0.3 is 0 Å². The van der Waals surface area contributed by atoms with Crippen molar-refractivity contribution in [2.75, 3.05) is 6.26 Å². The topological polar surface area (TPSA) is 34.1 Å². The molecule has 106 valence electrons. The van der Waals surface area contributed by atoms with Crippen LogP contribution in [0, 0.1) is 0 Å². The van der Waals surface area contributed by atoms with Crippen LogP contribution in [0.15, 0.2) is 47.4 Å². The van der Waals surface area contributed by atoms with Crippen molar-refractivity contribution in [1.82, 2.24) is 10.3 Å². The lowest BCUT2D eigenvalue weighted by Gasteiger charge is -2.11. The predicted octanol–water partition coefficient (Wildman–Crippen LogP) is 4.09.